The molecule has 2 aliphatic rings. The highest BCUT2D eigenvalue weighted by Crippen LogP contribution is 2.41. The molecule has 0 radical (unpaired) electrons. The third-order valence-corrected chi connectivity index (χ3v) is 9.20. The maximum atomic E-state index is 13.3. The number of nitrogens with two attached hydrogens (primary N) is 1. The number of carbonyl (C=O) groups excluding carboxylic acids is 3. The number of oxime groups is 1. The summed E-state index contributed by atoms with van der Waals surface area (Å²) in [5, 5.41) is 23.4. The average molecular weight is 643 g/mol. The fraction of sp³-hybridized carbons (Fsp3) is 0.500. The number of carbonyl (C=O) groups is 4. The molecule has 0 spiro atoms. The quantitative estimate of drug-likeness (QED) is 0.110. The van der Waals surface area contributed by atoms with Crippen molar-refractivity contribution in [2.24, 2.45) is 5.16 Å². The zero-order valence-corrected chi connectivity index (χ0v) is 25.7. The van der Waals surface area contributed by atoms with Gasteiger partial charge in [0.1, 0.15) is 28.2 Å². The number of fused-ring (bicyclic) bond motifs is 1. The van der Waals surface area contributed by atoms with Crippen molar-refractivity contribution < 1.29 is 33.9 Å². The first-order valence-corrected chi connectivity index (χ1v) is 15.6. The SMILES string of the molecule is CC(C)(C)OC(=O)C(C)(C)O/N=C(/C(=O)NC1C(=O)N2C(C(=O)O)=C(CSc3nncs3)CSC12)c1nsc(N)n1. The molecule has 4 heterocycles. The van der Waals surface area contributed by atoms with Crippen LogP contribution in [-0.4, -0.2) is 93.1 Å². The zero-order valence-electron chi connectivity index (χ0n) is 22.4. The van der Waals surface area contributed by atoms with Crippen molar-refractivity contribution in [3.8, 4) is 0 Å². The second kappa shape index (κ2) is 11.9. The van der Waals surface area contributed by atoms with Crippen LogP contribution in [0.3, 0.4) is 0 Å². The van der Waals surface area contributed by atoms with E-state index in [9.17, 15) is 24.3 Å². The van der Waals surface area contributed by atoms with E-state index in [0.29, 0.717) is 21.4 Å². The number of anilines is 1. The Balaban J connectivity index is 1.51. The second-order valence-electron chi connectivity index (χ2n) is 10.1. The van der Waals surface area contributed by atoms with Crippen LogP contribution in [0.1, 0.15) is 40.4 Å². The summed E-state index contributed by atoms with van der Waals surface area (Å²) in [6, 6.07) is -1.06. The Kier molecular flexibility index (Phi) is 8.90. The number of thioether (sulfide) groups is 2. The smallest absolute Gasteiger partial charge is 0.353 e. The number of amides is 2. The van der Waals surface area contributed by atoms with Gasteiger partial charge in [-0.15, -0.1) is 22.0 Å². The molecule has 2 aromatic heterocycles. The molecule has 0 saturated carbocycles. The predicted molar refractivity (Wildman–Crippen MR) is 152 cm³/mol. The Morgan fingerprint density at radius 1 is 1.29 bits per heavy atom. The van der Waals surface area contributed by atoms with E-state index >= 15 is 0 Å². The lowest BCUT2D eigenvalue weighted by Crippen LogP contribution is -2.71. The summed E-state index contributed by atoms with van der Waals surface area (Å²) >= 11 is 4.78. The molecule has 2 amide bonds. The summed E-state index contributed by atoms with van der Waals surface area (Å²) in [6.45, 7) is 7.90. The van der Waals surface area contributed by atoms with E-state index < -0.39 is 52.1 Å². The summed E-state index contributed by atoms with van der Waals surface area (Å²) < 4.78 is 10.0. The Labute approximate surface area is 250 Å². The van der Waals surface area contributed by atoms with E-state index in [1.807, 2.05) is 0 Å². The third kappa shape index (κ3) is 6.96. The van der Waals surface area contributed by atoms with Crippen LogP contribution in [-0.2, 0) is 28.8 Å². The number of carboxylic acids is 1. The molecule has 2 aliphatic heterocycles. The molecule has 41 heavy (non-hydrogen) atoms. The standard InChI is InChI=1S/C22H26N8O7S4/c1-21(2,3)36-18(35)22(4,5)37-28-10(13-26-19(23)41-29-13)14(31)25-11-15(32)30-12(17(33)34)9(6-38-16(11)30)7-39-20-27-24-8-40-20/h8,11,16H,6-7H2,1-5H3,(H,25,31)(H,33,34)(H2,23,26,29)/b28-10+. The van der Waals surface area contributed by atoms with Gasteiger partial charge < -0.3 is 25.7 Å². The molecule has 2 unspecified atom stereocenters. The van der Waals surface area contributed by atoms with Crippen LogP contribution >= 0.6 is 46.4 Å². The van der Waals surface area contributed by atoms with Gasteiger partial charge in [-0.3, -0.25) is 14.5 Å². The number of aliphatic carboxylic acids is 1. The average Bonchev–Trinajstić information content (AvgIpc) is 3.56. The lowest BCUT2D eigenvalue weighted by molar-refractivity contribution is -0.179. The van der Waals surface area contributed by atoms with Crippen LogP contribution in [0.15, 0.2) is 26.3 Å². The molecular weight excluding hydrogens is 617 g/mol. The first-order chi connectivity index (χ1) is 19.2. The molecule has 220 valence electrons. The summed E-state index contributed by atoms with van der Waals surface area (Å²) in [6.07, 6.45) is 0. The van der Waals surface area contributed by atoms with Crippen LogP contribution in [0.2, 0.25) is 0 Å². The van der Waals surface area contributed by atoms with Crippen molar-refractivity contribution in [1.29, 1.82) is 0 Å². The molecule has 0 aromatic carbocycles. The highest BCUT2D eigenvalue weighted by atomic mass is 32.2. The summed E-state index contributed by atoms with van der Waals surface area (Å²) in [4.78, 5) is 61.7. The van der Waals surface area contributed by atoms with Crippen molar-refractivity contribution in [2.45, 2.75) is 61.6 Å². The minimum Gasteiger partial charge on any atom is -0.477 e. The van der Waals surface area contributed by atoms with Crippen molar-refractivity contribution >= 4 is 81.0 Å². The van der Waals surface area contributed by atoms with E-state index in [1.165, 1.54) is 48.7 Å². The van der Waals surface area contributed by atoms with Crippen molar-refractivity contribution in [2.75, 3.05) is 17.2 Å². The van der Waals surface area contributed by atoms with E-state index in [2.05, 4.69) is 30.0 Å². The summed E-state index contributed by atoms with van der Waals surface area (Å²) in [5.41, 5.74) is 4.89. The van der Waals surface area contributed by atoms with Gasteiger partial charge in [-0.2, -0.15) is 9.36 Å². The second-order valence-corrected chi connectivity index (χ2v) is 14.1. The number of hydrogen-bond donors (Lipinski definition) is 3. The minimum atomic E-state index is -1.59. The topological polar surface area (TPSA) is 212 Å². The zero-order chi connectivity index (χ0) is 30.1. The van der Waals surface area contributed by atoms with Gasteiger partial charge in [0, 0.05) is 23.0 Å². The van der Waals surface area contributed by atoms with Crippen LogP contribution < -0.4 is 11.1 Å². The molecule has 4 N–H and O–H groups in total. The van der Waals surface area contributed by atoms with E-state index in [0.717, 1.165) is 16.4 Å². The molecule has 19 heteroatoms. The molecule has 2 atom stereocenters. The number of nitrogen functional groups attached to an aromatic ring is 1. The summed E-state index contributed by atoms with van der Waals surface area (Å²) in [5.74, 6) is -2.99. The highest BCUT2D eigenvalue weighted by molar-refractivity contribution is 8.01. The van der Waals surface area contributed by atoms with Crippen LogP contribution in [0.25, 0.3) is 0 Å². The number of nitrogens with one attached hydrogen (secondary N) is 1. The fourth-order valence-corrected chi connectivity index (χ4v) is 6.90. The fourth-order valence-electron chi connectivity index (χ4n) is 3.49. The Hall–Kier alpha value is -3.29. The number of hydrogen-bond acceptors (Lipinski definition) is 16. The predicted octanol–water partition coefficient (Wildman–Crippen LogP) is 1.34. The number of nitrogens with zero attached hydrogens (tertiary/aromatic N) is 6. The van der Waals surface area contributed by atoms with E-state index in [4.69, 9.17) is 15.3 Å². The van der Waals surface area contributed by atoms with Crippen molar-refractivity contribution in [1.82, 2.24) is 29.8 Å². The van der Waals surface area contributed by atoms with Gasteiger partial charge in [-0.1, -0.05) is 28.3 Å². The lowest BCUT2D eigenvalue weighted by Gasteiger charge is -2.49. The normalized spacial score (nSPS) is 19.4. The first kappa shape index (κ1) is 30.7. The monoisotopic (exact) mass is 642 g/mol. The Bertz CT molecular complexity index is 1420. The van der Waals surface area contributed by atoms with Gasteiger partial charge in [0.15, 0.2) is 9.47 Å². The number of β-lactam (4-membered cyclic amide) rings is 1. The molecule has 1 fully saturated rings. The summed E-state index contributed by atoms with van der Waals surface area (Å²) in [7, 11) is 0. The number of aromatic nitrogens is 4. The minimum absolute atomic E-state index is 0.0517. The molecule has 15 nitrogen and oxygen atoms in total. The van der Waals surface area contributed by atoms with Gasteiger partial charge in [-0.05, 0) is 40.2 Å². The molecule has 1 saturated heterocycles. The maximum Gasteiger partial charge on any atom is 0.353 e. The molecule has 0 aliphatic carbocycles. The first-order valence-electron chi connectivity index (χ1n) is 11.9. The third-order valence-electron chi connectivity index (χ3n) is 5.37. The van der Waals surface area contributed by atoms with Gasteiger partial charge in [0.2, 0.25) is 17.1 Å². The van der Waals surface area contributed by atoms with Crippen LogP contribution in [0.4, 0.5) is 5.13 Å². The number of esters is 1. The van der Waals surface area contributed by atoms with Gasteiger partial charge in [0.05, 0.1) is 0 Å². The largest absolute Gasteiger partial charge is 0.477 e. The Morgan fingerprint density at radius 3 is 2.61 bits per heavy atom. The highest BCUT2D eigenvalue weighted by Gasteiger charge is 2.54. The van der Waals surface area contributed by atoms with Gasteiger partial charge >= 0.3 is 11.9 Å². The number of ether oxygens (including phenoxy) is 1. The molecule has 2 aromatic rings. The number of carboxylic acid groups (broad SMARTS) is 1. The van der Waals surface area contributed by atoms with Crippen molar-refractivity contribution in [3.63, 3.8) is 0 Å². The molecule has 0 bridgehead atoms. The van der Waals surface area contributed by atoms with E-state index in [1.54, 1.807) is 26.3 Å². The van der Waals surface area contributed by atoms with Crippen LogP contribution in [0, 0.1) is 0 Å². The van der Waals surface area contributed by atoms with Crippen LogP contribution in [0.5, 0.6) is 0 Å². The van der Waals surface area contributed by atoms with Gasteiger partial charge in [-0.25, -0.2) is 9.59 Å². The number of rotatable bonds is 10. The maximum absolute atomic E-state index is 13.3. The Morgan fingerprint density at radius 2 is 2.02 bits per heavy atom. The van der Waals surface area contributed by atoms with Gasteiger partial charge in [0.25, 0.3) is 11.8 Å². The molecular formula is C22H26N8O7S4. The van der Waals surface area contributed by atoms with Crippen molar-refractivity contribution in [3.05, 3.63) is 22.6 Å². The van der Waals surface area contributed by atoms with E-state index in [-0.39, 0.29) is 16.7 Å². The molecule has 4 rings (SSSR count). The lowest BCUT2D eigenvalue weighted by atomic mass is 10.0.